The van der Waals surface area contributed by atoms with E-state index < -0.39 is 0 Å². The van der Waals surface area contributed by atoms with Crippen LogP contribution in [-0.4, -0.2) is 4.98 Å². The molecule has 1 nitrogen and oxygen atoms in total. The van der Waals surface area contributed by atoms with E-state index in [1.807, 2.05) is 18.2 Å². The summed E-state index contributed by atoms with van der Waals surface area (Å²) in [6.45, 7) is 0. The molecule has 1 aromatic heterocycles. The van der Waals surface area contributed by atoms with E-state index in [-0.39, 0.29) is 0 Å². The summed E-state index contributed by atoms with van der Waals surface area (Å²) in [5.41, 5.74) is 2.31. The Kier molecular flexibility index (Phi) is 2.65. The molecule has 3 rings (SSSR count). The second kappa shape index (κ2) is 4.14. The van der Waals surface area contributed by atoms with E-state index in [1.54, 1.807) is 11.3 Å². The Balaban J connectivity index is 2.23. The van der Waals surface area contributed by atoms with Crippen LogP contribution in [0.25, 0.3) is 20.8 Å². The Hall–Kier alpha value is -0.940. The van der Waals surface area contributed by atoms with Crippen molar-refractivity contribution in [2.24, 2.45) is 0 Å². The molecule has 0 unspecified atom stereocenters. The minimum absolute atomic E-state index is 1.10. The number of benzene rings is 2. The summed E-state index contributed by atoms with van der Waals surface area (Å²) in [4.78, 5) is 4.69. The van der Waals surface area contributed by atoms with Gasteiger partial charge in [0, 0.05) is 9.13 Å². The minimum atomic E-state index is 1.10. The Morgan fingerprint density at radius 3 is 2.50 bits per heavy atom. The molecule has 0 saturated heterocycles. The van der Waals surface area contributed by atoms with Gasteiger partial charge in [-0.1, -0.05) is 36.4 Å². The van der Waals surface area contributed by atoms with Gasteiger partial charge in [0.25, 0.3) is 0 Å². The lowest BCUT2D eigenvalue weighted by Gasteiger charge is -1.92. The molecule has 3 aromatic rings. The number of hydrogen-bond acceptors (Lipinski definition) is 2. The summed E-state index contributed by atoms with van der Waals surface area (Å²) in [5, 5.41) is 1.10. The summed E-state index contributed by atoms with van der Waals surface area (Å²) in [6, 6.07) is 16.6. The largest absolute Gasteiger partial charge is 0.235 e. The molecule has 0 radical (unpaired) electrons. The monoisotopic (exact) mass is 337 g/mol. The zero-order valence-corrected chi connectivity index (χ0v) is 11.3. The van der Waals surface area contributed by atoms with Crippen LogP contribution in [0.3, 0.4) is 0 Å². The third kappa shape index (κ3) is 1.74. The predicted octanol–water partition coefficient (Wildman–Crippen LogP) is 4.57. The molecule has 0 aliphatic rings. The van der Waals surface area contributed by atoms with Gasteiger partial charge >= 0.3 is 0 Å². The van der Waals surface area contributed by atoms with Gasteiger partial charge in [0.1, 0.15) is 5.01 Å². The minimum Gasteiger partial charge on any atom is -0.235 e. The molecule has 0 fully saturated rings. The van der Waals surface area contributed by atoms with Gasteiger partial charge in [0.05, 0.1) is 10.2 Å². The molecule has 0 saturated carbocycles. The van der Waals surface area contributed by atoms with Gasteiger partial charge in [-0.25, -0.2) is 4.98 Å². The van der Waals surface area contributed by atoms with Gasteiger partial charge in [-0.05, 0) is 34.7 Å². The molecule has 78 valence electrons. The van der Waals surface area contributed by atoms with Crippen LogP contribution in [0, 0.1) is 3.57 Å². The van der Waals surface area contributed by atoms with E-state index in [9.17, 15) is 0 Å². The molecule has 0 N–H and O–H groups in total. The molecule has 16 heavy (non-hydrogen) atoms. The molecule has 0 aliphatic heterocycles. The van der Waals surface area contributed by atoms with Gasteiger partial charge in [0.15, 0.2) is 0 Å². The van der Waals surface area contributed by atoms with Crippen molar-refractivity contribution in [2.75, 3.05) is 0 Å². The maximum absolute atomic E-state index is 4.69. The van der Waals surface area contributed by atoms with Crippen LogP contribution in [0.15, 0.2) is 48.5 Å². The first-order chi connectivity index (χ1) is 7.84. The molecule has 0 atom stereocenters. The number of halogens is 1. The van der Waals surface area contributed by atoms with Crippen LogP contribution in [-0.2, 0) is 0 Å². The van der Waals surface area contributed by atoms with Crippen molar-refractivity contribution in [3.8, 4) is 10.6 Å². The van der Waals surface area contributed by atoms with Crippen LogP contribution >= 0.6 is 33.9 Å². The SMILES string of the molecule is Ic1cccc2sc(-c3ccccc3)nc12. The normalized spacial score (nSPS) is 10.8. The smallest absolute Gasteiger partial charge is 0.124 e. The number of nitrogens with zero attached hydrogens (tertiary/aromatic N) is 1. The second-order valence-electron chi connectivity index (χ2n) is 3.47. The Labute approximate surface area is 111 Å². The van der Waals surface area contributed by atoms with Crippen LogP contribution in [0.4, 0.5) is 0 Å². The van der Waals surface area contributed by atoms with Crippen molar-refractivity contribution in [1.82, 2.24) is 4.98 Å². The van der Waals surface area contributed by atoms with E-state index in [0.29, 0.717) is 0 Å². The number of fused-ring (bicyclic) bond motifs is 1. The van der Waals surface area contributed by atoms with Crippen molar-refractivity contribution < 1.29 is 0 Å². The first-order valence-corrected chi connectivity index (χ1v) is 6.84. The lowest BCUT2D eigenvalue weighted by Crippen LogP contribution is -1.76. The number of thiazole rings is 1. The maximum atomic E-state index is 4.69. The predicted molar refractivity (Wildman–Crippen MR) is 77.8 cm³/mol. The van der Waals surface area contributed by atoms with Crippen molar-refractivity contribution in [2.45, 2.75) is 0 Å². The topological polar surface area (TPSA) is 12.9 Å². The summed E-state index contributed by atoms with van der Waals surface area (Å²) in [6.07, 6.45) is 0. The molecular formula is C13H8INS. The molecule has 2 aromatic carbocycles. The van der Waals surface area contributed by atoms with Crippen molar-refractivity contribution in [3.05, 3.63) is 52.1 Å². The van der Waals surface area contributed by atoms with Crippen LogP contribution in [0.2, 0.25) is 0 Å². The molecule has 3 heteroatoms. The molecule has 0 bridgehead atoms. The zero-order chi connectivity index (χ0) is 11.0. The highest BCUT2D eigenvalue weighted by atomic mass is 127. The van der Waals surface area contributed by atoms with Gasteiger partial charge in [-0.3, -0.25) is 0 Å². The van der Waals surface area contributed by atoms with Crippen LogP contribution < -0.4 is 0 Å². The van der Waals surface area contributed by atoms with Crippen molar-refractivity contribution >= 4 is 44.1 Å². The summed E-state index contributed by atoms with van der Waals surface area (Å²) >= 11 is 4.08. The van der Waals surface area contributed by atoms with Crippen LogP contribution in [0.1, 0.15) is 0 Å². The zero-order valence-electron chi connectivity index (χ0n) is 8.35. The molecule has 0 spiro atoms. The summed E-state index contributed by atoms with van der Waals surface area (Å²) in [5.74, 6) is 0. The van der Waals surface area contributed by atoms with Gasteiger partial charge in [-0.15, -0.1) is 11.3 Å². The third-order valence-corrected chi connectivity index (χ3v) is 4.33. The van der Waals surface area contributed by atoms with E-state index >= 15 is 0 Å². The lowest BCUT2D eigenvalue weighted by atomic mass is 10.2. The Morgan fingerprint density at radius 2 is 1.75 bits per heavy atom. The van der Waals surface area contributed by atoms with E-state index in [4.69, 9.17) is 4.98 Å². The van der Waals surface area contributed by atoms with Crippen molar-refractivity contribution in [3.63, 3.8) is 0 Å². The first-order valence-electron chi connectivity index (χ1n) is 4.95. The van der Waals surface area contributed by atoms with Gasteiger partial charge in [0.2, 0.25) is 0 Å². The fourth-order valence-electron chi connectivity index (χ4n) is 1.62. The molecule has 1 heterocycles. The van der Waals surface area contributed by atoms with Crippen LogP contribution in [0.5, 0.6) is 0 Å². The Morgan fingerprint density at radius 1 is 0.938 bits per heavy atom. The number of para-hydroxylation sites is 1. The Bertz CT molecular complexity index is 631. The fourth-order valence-corrected chi connectivity index (χ4v) is 3.42. The van der Waals surface area contributed by atoms with E-state index in [2.05, 4.69) is 52.9 Å². The first kappa shape index (κ1) is 10.2. The second-order valence-corrected chi connectivity index (χ2v) is 5.66. The number of hydrogen-bond donors (Lipinski definition) is 0. The average molecular weight is 337 g/mol. The molecule has 0 aliphatic carbocycles. The summed E-state index contributed by atoms with van der Waals surface area (Å²) < 4.78 is 2.47. The van der Waals surface area contributed by atoms with Gasteiger partial charge in [-0.2, -0.15) is 0 Å². The molecule has 0 amide bonds. The van der Waals surface area contributed by atoms with E-state index in [1.165, 1.54) is 13.8 Å². The fraction of sp³-hybridized carbons (Fsp3) is 0. The third-order valence-electron chi connectivity index (χ3n) is 2.39. The summed E-state index contributed by atoms with van der Waals surface area (Å²) in [7, 11) is 0. The van der Waals surface area contributed by atoms with Crippen molar-refractivity contribution in [1.29, 1.82) is 0 Å². The number of rotatable bonds is 1. The quantitative estimate of drug-likeness (QED) is 0.593. The van der Waals surface area contributed by atoms with E-state index in [0.717, 1.165) is 10.5 Å². The van der Waals surface area contributed by atoms with Gasteiger partial charge < -0.3 is 0 Å². The number of aromatic nitrogens is 1. The average Bonchev–Trinajstić information content (AvgIpc) is 2.76. The lowest BCUT2D eigenvalue weighted by molar-refractivity contribution is 1.46. The maximum Gasteiger partial charge on any atom is 0.124 e. The highest BCUT2D eigenvalue weighted by Crippen LogP contribution is 2.31. The highest BCUT2D eigenvalue weighted by molar-refractivity contribution is 14.1. The molecular weight excluding hydrogens is 329 g/mol. The highest BCUT2D eigenvalue weighted by Gasteiger charge is 2.07. The standard InChI is InChI=1S/C13H8INS/c14-10-7-4-8-11-12(10)15-13(16-11)9-5-2-1-3-6-9/h1-8H.